The van der Waals surface area contributed by atoms with Crippen LogP contribution >= 0.6 is 0 Å². The molecule has 0 bridgehead atoms. The monoisotopic (exact) mass is 302 g/mol. The van der Waals surface area contributed by atoms with E-state index in [1.807, 2.05) is 32.0 Å². The van der Waals surface area contributed by atoms with Crippen LogP contribution in [0.15, 0.2) is 24.5 Å². The lowest BCUT2D eigenvalue weighted by molar-refractivity contribution is -0.134. The Kier molecular flexibility index (Phi) is 3.88. The summed E-state index contributed by atoms with van der Waals surface area (Å²) in [6.07, 6.45) is 1.67. The number of benzene rings is 1. The molecule has 3 rings (SSSR count). The van der Waals surface area contributed by atoms with Crippen molar-refractivity contribution in [2.45, 2.75) is 25.3 Å². The molecule has 2 heterocycles. The third-order valence-electron chi connectivity index (χ3n) is 4.96. The number of fused-ring (bicyclic) bond motifs is 1. The lowest BCUT2D eigenvalue weighted by Crippen LogP contribution is -2.61. The molecule has 2 unspecified atom stereocenters. The summed E-state index contributed by atoms with van der Waals surface area (Å²) in [7, 11) is 0. The molecule has 22 heavy (non-hydrogen) atoms. The van der Waals surface area contributed by atoms with Crippen molar-refractivity contribution in [3.63, 3.8) is 0 Å². The molecule has 2 aromatic rings. The molecule has 0 spiro atoms. The molecule has 6 nitrogen and oxygen atoms in total. The van der Waals surface area contributed by atoms with Gasteiger partial charge in [0.1, 0.15) is 5.54 Å². The van der Waals surface area contributed by atoms with Crippen LogP contribution in [-0.2, 0) is 9.53 Å². The van der Waals surface area contributed by atoms with Crippen LogP contribution in [0.5, 0.6) is 0 Å². The van der Waals surface area contributed by atoms with Crippen LogP contribution in [0.3, 0.4) is 0 Å². The number of nitrogens with one attached hydrogen (secondary N) is 1. The van der Waals surface area contributed by atoms with Gasteiger partial charge in [0, 0.05) is 19.0 Å². The summed E-state index contributed by atoms with van der Waals surface area (Å²) in [6, 6.07) is 6.06. The van der Waals surface area contributed by atoms with E-state index in [-0.39, 0.29) is 11.8 Å². The van der Waals surface area contributed by atoms with Gasteiger partial charge in [0.25, 0.3) is 0 Å². The maximum absolute atomic E-state index is 12.3. The van der Waals surface area contributed by atoms with Gasteiger partial charge in [-0.2, -0.15) is 0 Å². The first-order valence-corrected chi connectivity index (χ1v) is 7.59. The molecular formula is C16H22N4O2. The first-order chi connectivity index (χ1) is 10.5. The predicted octanol–water partition coefficient (Wildman–Crippen LogP) is 1.24. The van der Waals surface area contributed by atoms with Crippen LogP contribution in [0, 0.1) is 0 Å². The highest BCUT2D eigenvalue weighted by Crippen LogP contribution is 2.34. The molecular weight excluding hydrogens is 280 g/mol. The number of aromatic nitrogens is 2. The Hall–Kier alpha value is -1.92. The second-order valence-electron chi connectivity index (χ2n) is 6.01. The van der Waals surface area contributed by atoms with Crippen LogP contribution in [0.2, 0.25) is 0 Å². The lowest BCUT2D eigenvalue weighted by Gasteiger charge is -2.44. The minimum Gasteiger partial charge on any atom is -0.379 e. The molecule has 118 valence electrons. The van der Waals surface area contributed by atoms with Crippen LogP contribution in [0.4, 0.5) is 0 Å². The van der Waals surface area contributed by atoms with E-state index >= 15 is 0 Å². The summed E-state index contributed by atoms with van der Waals surface area (Å²) in [5.41, 5.74) is 8.00. The van der Waals surface area contributed by atoms with Gasteiger partial charge in [0.05, 0.1) is 30.6 Å². The maximum atomic E-state index is 12.3. The van der Waals surface area contributed by atoms with E-state index in [9.17, 15) is 4.79 Å². The number of carbonyl (C=O) groups is 1. The fourth-order valence-electron chi connectivity index (χ4n) is 3.21. The molecule has 1 aliphatic rings. The van der Waals surface area contributed by atoms with Crippen molar-refractivity contribution in [3.05, 3.63) is 30.1 Å². The Bertz CT molecular complexity index is 678. The van der Waals surface area contributed by atoms with Gasteiger partial charge in [-0.3, -0.25) is 9.69 Å². The predicted molar refractivity (Wildman–Crippen MR) is 84.5 cm³/mol. The van der Waals surface area contributed by atoms with E-state index < -0.39 is 5.54 Å². The van der Waals surface area contributed by atoms with Gasteiger partial charge < -0.3 is 15.5 Å². The van der Waals surface area contributed by atoms with E-state index in [1.165, 1.54) is 0 Å². The summed E-state index contributed by atoms with van der Waals surface area (Å²) in [6.45, 7) is 6.68. The van der Waals surface area contributed by atoms with Crippen LogP contribution in [-0.4, -0.2) is 52.6 Å². The summed E-state index contributed by atoms with van der Waals surface area (Å²) in [5.74, 6) is -0.340. The zero-order chi connectivity index (χ0) is 15.7. The zero-order valence-electron chi connectivity index (χ0n) is 13.0. The van der Waals surface area contributed by atoms with Gasteiger partial charge in [-0.25, -0.2) is 4.98 Å². The first kappa shape index (κ1) is 15.0. The summed E-state index contributed by atoms with van der Waals surface area (Å²) in [4.78, 5) is 21.8. The number of imidazole rings is 1. The fraction of sp³-hybridized carbons (Fsp3) is 0.500. The molecule has 1 aromatic carbocycles. The van der Waals surface area contributed by atoms with Gasteiger partial charge in [0.2, 0.25) is 5.91 Å². The normalized spacial score (nSPS) is 20.6. The van der Waals surface area contributed by atoms with Crippen molar-refractivity contribution >= 4 is 16.9 Å². The number of rotatable bonds is 4. The van der Waals surface area contributed by atoms with E-state index in [0.29, 0.717) is 26.3 Å². The minimum atomic E-state index is -0.742. The number of nitrogens with zero attached hydrogens (tertiary/aromatic N) is 2. The van der Waals surface area contributed by atoms with Gasteiger partial charge in [-0.15, -0.1) is 0 Å². The van der Waals surface area contributed by atoms with Crippen LogP contribution in [0.25, 0.3) is 11.0 Å². The van der Waals surface area contributed by atoms with Crippen molar-refractivity contribution in [1.82, 2.24) is 14.9 Å². The number of amides is 1. The topological polar surface area (TPSA) is 84.2 Å². The number of H-pyrrole nitrogens is 1. The molecule has 2 atom stereocenters. The summed E-state index contributed by atoms with van der Waals surface area (Å²) >= 11 is 0. The van der Waals surface area contributed by atoms with Gasteiger partial charge in [-0.05, 0) is 24.6 Å². The lowest BCUT2D eigenvalue weighted by atomic mass is 9.79. The quantitative estimate of drug-likeness (QED) is 0.890. The second kappa shape index (κ2) is 5.70. The standard InChI is InChI=1S/C16H22N4O2/c1-11(12-3-4-13-14(9-12)19-10-18-13)16(2,15(17)21)20-5-7-22-8-6-20/h3-4,9-11H,5-8H2,1-2H3,(H2,17,21)(H,18,19). The maximum Gasteiger partial charge on any atom is 0.238 e. The molecule has 6 heteroatoms. The smallest absolute Gasteiger partial charge is 0.238 e. The summed E-state index contributed by atoms with van der Waals surface area (Å²) in [5, 5.41) is 0. The highest BCUT2D eigenvalue weighted by Gasteiger charge is 2.44. The van der Waals surface area contributed by atoms with E-state index in [2.05, 4.69) is 14.9 Å². The Balaban J connectivity index is 1.97. The number of carbonyl (C=O) groups excluding carboxylic acids is 1. The highest BCUT2D eigenvalue weighted by atomic mass is 16.5. The van der Waals surface area contributed by atoms with Gasteiger partial charge in [-0.1, -0.05) is 13.0 Å². The first-order valence-electron chi connectivity index (χ1n) is 7.59. The number of primary amides is 1. The molecule has 0 radical (unpaired) electrons. The molecule has 1 fully saturated rings. The van der Waals surface area contributed by atoms with Crippen molar-refractivity contribution in [2.24, 2.45) is 5.73 Å². The Morgan fingerprint density at radius 3 is 2.86 bits per heavy atom. The number of morpholine rings is 1. The number of aromatic amines is 1. The average molecular weight is 302 g/mol. The van der Waals surface area contributed by atoms with Crippen molar-refractivity contribution < 1.29 is 9.53 Å². The van der Waals surface area contributed by atoms with E-state index in [0.717, 1.165) is 16.6 Å². The fourth-order valence-corrected chi connectivity index (χ4v) is 3.21. The Labute approximate surface area is 129 Å². The largest absolute Gasteiger partial charge is 0.379 e. The van der Waals surface area contributed by atoms with E-state index in [4.69, 9.17) is 10.5 Å². The van der Waals surface area contributed by atoms with Crippen molar-refractivity contribution in [3.8, 4) is 0 Å². The van der Waals surface area contributed by atoms with Gasteiger partial charge in [0.15, 0.2) is 0 Å². The van der Waals surface area contributed by atoms with Crippen molar-refractivity contribution in [2.75, 3.05) is 26.3 Å². The molecule has 3 N–H and O–H groups in total. The van der Waals surface area contributed by atoms with Crippen molar-refractivity contribution in [1.29, 1.82) is 0 Å². The number of ether oxygens (including phenoxy) is 1. The summed E-state index contributed by atoms with van der Waals surface area (Å²) < 4.78 is 5.40. The molecule has 1 amide bonds. The second-order valence-corrected chi connectivity index (χ2v) is 6.01. The minimum absolute atomic E-state index is 0.0378. The van der Waals surface area contributed by atoms with Gasteiger partial charge >= 0.3 is 0 Å². The number of hydrogen-bond acceptors (Lipinski definition) is 4. The molecule has 1 aromatic heterocycles. The third kappa shape index (κ3) is 2.38. The molecule has 0 aliphatic carbocycles. The Morgan fingerprint density at radius 1 is 1.45 bits per heavy atom. The Morgan fingerprint density at radius 2 is 2.18 bits per heavy atom. The molecule has 1 aliphatic heterocycles. The molecule has 1 saturated heterocycles. The van der Waals surface area contributed by atoms with Crippen LogP contribution in [0.1, 0.15) is 25.3 Å². The zero-order valence-corrected chi connectivity index (χ0v) is 13.0. The van der Waals surface area contributed by atoms with Crippen LogP contribution < -0.4 is 5.73 Å². The average Bonchev–Trinajstić information content (AvgIpc) is 3.01. The highest BCUT2D eigenvalue weighted by molar-refractivity contribution is 5.86. The SMILES string of the molecule is CC(c1ccc2[nH]cnc2c1)C(C)(C(N)=O)N1CCOCC1. The van der Waals surface area contributed by atoms with E-state index in [1.54, 1.807) is 6.33 Å². The number of nitrogens with two attached hydrogens (primary N) is 1. The molecule has 0 saturated carbocycles. The third-order valence-corrected chi connectivity index (χ3v) is 4.96. The number of hydrogen-bond donors (Lipinski definition) is 2.